The van der Waals surface area contributed by atoms with E-state index in [2.05, 4.69) is 44.5 Å². The lowest BCUT2D eigenvalue weighted by Gasteiger charge is -2.24. The molecule has 0 fully saturated rings. The van der Waals surface area contributed by atoms with Gasteiger partial charge in [0.1, 0.15) is 0 Å². The highest BCUT2D eigenvalue weighted by Crippen LogP contribution is 2.29. The van der Waals surface area contributed by atoms with Crippen molar-refractivity contribution in [1.29, 1.82) is 0 Å². The summed E-state index contributed by atoms with van der Waals surface area (Å²) in [5.74, 6) is 12.5. The first-order valence-electron chi connectivity index (χ1n) is 5.90. The standard InChI is InChI=1S/C16H22/c1-7-11-15(16(5,6)9-3)13-10-12-14(4)8-2/h2-3,14-15H,7,11-12H2,1,4-6H3. The lowest BCUT2D eigenvalue weighted by atomic mass is 9.77. The predicted molar refractivity (Wildman–Crippen MR) is 71.4 cm³/mol. The van der Waals surface area contributed by atoms with Gasteiger partial charge < -0.3 is 0 Å². The third kappa shape index (κ3) is 4.96. The van der Waals surface area contributed by atoms with Crippen LogP contribution in [0.25, 0.3) is 0 Å². The molecule has 0 aromatic heterocycles. The van der Waals surface area contributed by atoms with Crippen LogP contribution in [0, 0.1) is 53.8 Å². The molecule has 16 heavy (non-hydrogen) atoms. The highest BCUT2D eigenvalue weighted by molar-refractivity contribution is 5.16. The fourth-order valence-electron chi connectivity index (χ4n) is 1.40. The maximum Gasteiger partial charge on any atom is 0.0393 e. The third-order valence-electron chi connectivity index (χ3n) is 2.79. The van der Waals surface area contributed by atoms with Gasteiger partial charge in [0.25, 0.3) is 0 Å². The van der Waals surface area contributed by atoms with Crippen molar-refractivity contribution in [2.24, 2.45) is 17.3 Å². The van der Waals surface area contributed by atoms with Crippen LogP contribution < -0.4 is 0 Å². The van der Waals surface area contributed by atoms with Crippen LogP contribution >= 0.6 is 0 Å². The normalized spacial score (nSPS) is 13.9. The predicted octanol–water partition coefficient (Wildman–Crippen LogP) is 3.72. The summed E-state index contributed by atoms with van der Waals surface area (Å²) in [6.45, 7) is 8.32. The molecule has 0 heteroatoms. The summed E-state index contributed by atoms with van der Waals surface area (Å²) in [4.78, 5) is 0. The molecule has 0 bridgehead atoms. The third-order valence-corrected chi connectivity index (χ3v) is 2.79. The van der Waals surface area contributed by atoms with Crippen molar-refractivity contribution in [2.45, 2.75) is 47.0 Å². The number of terminal acetylenes is 2. The van der Waals surface area contributed by atoms with Crippen molar-refractivity contribution >= 4 is 0 Å². The quantitative estimate of drug-likeness (QED) is 0.626. The van der Waals surface area contributed by atoms with Crippen molar-refractivity contribution in [3.05, 3.63) is 0 Å². The van der Waals surface area contributed by atoms with E-state index in [4.69, 9.17) is 12.8 Å². The molecule has 2 atom stereocenters. The van der Waals surface area contributed by atoms with Gasteiger partial charge in [0.2, 0.25) is 0 Å². The Morgan fingerprint density at radius 3 is 2.31 bits per heavy atom. The van der Waals surface area contributed by atoms with Gasteiger partial charge in [-0.25, -0.2) is 0 Å². The average Bonchev–Trinajstić information content (AvgIpc) is 2.27. The first-order chi connectivity index (χ1) is 7.47. The molecule has 0 saturated heterocycles. The molecular formula is C16H22. The molecule has 0 N–H and O–H groups in total. The van der Waals surface area contributed by atoms with Crippen LogP contribution in [-0.4, -0.2) is 0 Å². The van der Waals surface area contributed by atoms with Crippen LogP contribution in [0.2, 0.25) is 0 Å². The zero-order valence-electron chi connectivity index (χ0n) is 10.9. The van der Waals surface area contributed by atoms with Gasteiger partial charge >= 0.3 is 0 Å². The number of rotatable bonds is 4. The lowest BCUT2D eigenvalue weighted by Crippen LogP contribution is -2.20. The molecular weight excluding hydrogens is 192 g/mol. The highest BCUT2D eigenvalue weighted by Gasteiger charge is 2.24. The van der Waals surface area contributed by atoms with Gasteiger partial charge in [0, 0.05) is 23.7 Å². The molecule has 0 rings (SSSR count). The molecule has 0 aliphatic rings. The molecule has 0 nitrogen and oxygen atoms in total. The molecule has 2 unspecified atom stereocenters. The van der Waals surface area contributed by atoms with E-state index < -0.39 is 0 Å². The first-order valence-corrected chi connectivity index (χ1v) is 5.90. The summed E-state index contributed by atoms with van der Waals surface area (Å²) in [6, 6.07) is 0. The van der Waals surface area contributed by atoms with Gasteiger partial charge in [-0.2, -0.15) is 0 Å². The van der Waals surface area contributed by atoms with E-state index >= 15 is 0 Å². The molecule has 0 saturated carbocycles. The van der Waals surface area contributed by atoms with Gasteiger partial charge in [-0.15, -0.1) is 24.7 Å². The molecule has 0 aromatic rings. The molecule has 0 spiro atoms. The van der Waals surface area contributed by atoms with Crippen molar-refractivity contribution < 1.29 is 0 Å². The number of hydrogen-bond acceptors (Lipinski definition) is 0. The fourth-order valence-corrected chi connectivity index (χ4v) is 1.40. The zero-order valence-corrected chi connectivity index (χ0v) is 10.9. The van der Waals surface area contributed by atoms with Gasteiger partial charge in [0.15, 0.2) is 0 Å². The summed E-state index contributed by atoms with van der Waals surface area (Å²) in [5, 5.41) is 0. The van der Waals surface area contributed by atoms with Crippen LogP contribution in [0.3, 0.4) is 0 Å². The Morgan fingerprint density at radius 1 is 1.25 bits per heavy atom. The van der Waals surface area contributed by atoms with E-state index in [1.54, 1.807) is 0 Å². The Morgan fingerprint density at radius 2 is 1.88 bits per heavy atom. The fraction of sp³-hybridized carbons (Fsp3) is 0.625. The van der Waals surface area contributed by atoms with Gasteiger partial charge in [-0.3, -0.25) is 0 Å². The van der Waals surface area contributed by atoms with E-state index in [-0.39, 0.29) is 17.3 Å². The second kappa shape index (κ2) is 7.04. The summed E-state index contributed by atoms with van der Waals surface area (Å²) < 4.78 is 0. The minimum absolute atomic E-state index is 0.150. The summed E-state index contributed by atoms with van der Waals surface area (Å²) in [7, 11) is 0. The first kappa shape index (κ1) is 14.7. The van der Waals surface area contributed by atoms with E-state index in [0.717, 1.165) is 19.3 Å². The molecule has 0 aliphatic heterocycles. The summed E-state index contributed by atoms with van der Waals surface area (Å²) >= 11 is 0. The van der Waals surface area contributed by atoms with Gasteiger partial charge in [-0.05, 0) is 20.3 Å². The SMILES string of the molecule is C#CC(C)CC#CC(CCC)C(C)(C)C#C. The minimum atomic E-state index is -0.150. The molecule has 0 aliphatic carbocycles. The van der Waals surface area contributed by atoms with Crippen LogP contribution in [0.1, 0.15) is 47.0 Å². The second-order valence-electron chi connectivity index (χ2n) is 4.80. The van der Waals surface area contributed by atoms with Crippen molar-refractivity contribution in [2.75, 3.05) is 0 Å². The van der Waals surface area contributed by atoms with Crippen molar-refractivity contribution in [3.8, 4) is 36.5 Å². The van der Waals surface area contributed by atoms with E-state index in [1.807, 2.05) is 6.92 Å². The summed E-state index contributed by atoms with van der Waals surface area (Å²) in [6.07, 6.45) is 13.8. The molecule has 0 aromatic carbocycles. The Labute approximate surface area is 101 Å². The van der Waals surface area contributed by atoms with E-state index in [1.165, 1.54) is 0 Å². The lowest BCUT2D eigenvalue weighted by molar-refractivity contribution is 0.349. The highest BCUT2D eigenvalue weighted by atomic mass is 14.3. The Kier molecular flexibility index (Phi) is 6.46. The largest absolute Gasteiger partial charge is 0.120 e. The molecule has 0 radical (unpaired) electrons. The average molecular weight is 214 g/mol. The van der Waals surface area contributed by atoms with Crippen LogP contribution in [0.5, 0.6) is 0 Å². The van der Waals surface area contributed by atoms with Crippen LogP contribution in [0.4, 0.5) is 0 Å². The Balaban J connectivity index is 4.59. The topological polar surface area (TPSA) is 0 Å². The molecule has 86 valence electrons. The number of hydrogen-bond donors (Lipinski definition) is 0. The van der Waals surface area contributed by atoms with Gasteiger partial charge in [-0.1, -0.05) is 32.1 Å². The molecule has 0 heterocycles. The van der Waals surface area contributed by atoms with Crippen LogP contribution in [0.15, 0.2) is 0 Å². The van der Waals surface area contributed by atoms with Gasteiger partial charge in [0.05, 0.1) is 0 Å². The Hall–Kier alpha value is -1.32. The maximum absolute atomic E-state index is 5.55. The maximum atomic E-state index is 5.55. The smallest absolute Gasteiger partial charge is 0.0393 e. The zero-order chi connectivity index (χ0) is 12.6. The minimum Gasteiger partial charge on any atom is -0.120 e. The van der Waals surface area contributed by atoms with Crippen molar-refractivity contribution in [3.63, 3.8) is 0 Å². The Bertz CT molecular complexity index is 335. The monoisotopic (exact) mass is 214 g/mol. The van der Waals surface area contributed by atoms with E-state index in [0.29, 0.717) is 0 Å². The summed E-state index contributed by atoms with van der Waals surface area (Å²) in [5.41, 5.74) is -0.150. The second-order valence-corrected chi connectivity index (χ2v) is 4.80. The van der Waals surface area contributed by atoms with Crippen LogP contribution in [-0.2, 0) is 0 Å². The molecule has 0 amide bonds. The van der Waals surface area contributed by atoms with E-state index in [9.17, 15) is 0 Å². The van der Waals surface area contributed by atoms with Crippen molar-refractivity contribution in [1.82, 2.24) is 0 Å².